The minimum absolute atomic E-state index is 0.00787. The first kappa shape index (κ1) is 10.1. The summed E-state index contributed by atoms with van der Waals surface area (Å²) in [4.78, 5) is 24.8. The third-order valence-electron chi connectivity index (χ3n) is 2.39. The maximum atomic E-state index is 11.5. The molecular weight excluding hydrogens is 214 g/mol. The van der Waals surface area contributed by atoms with Crippen LogP contribution in [0.2, 0.25) is 0 Å². The van der Waals surface area contributed by atoms with Gasteiger partial charge < -0.3 is 0 Å². The Hall–Kier alpha value is -1.48. The predicted molar refractivity (Wildman–Crippen MR) is 57.0 cm³/mol. The molecule has 15 heavy (non-hydrogen) atoms. The van der Waals surface area contributed by atoms with Crippen molar-refractivity contribution in [2.75, 3.05) is 11.5 Å². The van der Waals surface area contributed by atoms with Gasteiger partial charge in [0.15, 0.2) is 0 Å². The van der Waals surface area contributed by atoms with Crippen molar-refractivity contribution in [3.05, 3.63) is 32.6 Å². The maximum Gasteiger partial charge on any atom is 0.328 e. The van der Waals surface area contributed by atoms with Crippen molar-refractivity contribution < 1.29 is 0 Å². The number of thioether (sulfide) groups is 1. The molecule has 0 aromatic carbocycles. The average molecular weight is 223 g/mol. The number of nitrogens with zero attached hydrogens (tertiary/aromatic N) is 2. The van der Waals surface area contributed by atoms with Gasteiger partial charge in [0.1, 0.15) is 11.6 Å². The minimum Gasteiger partial charge on any atom is -0.295 e. The van der Waals surface area contributed by atoms with Gasteiger partial charge in [-0.15, -0.1) is 0 Å². The number of aromatic amines is 1. The molecule has 1 atom stereocenters. The summed E-state index contributed by atoms with van der Waals surface area (Å²) in [5.41, 5.74) is -1.04. The molecule has 2 rings (SSSR count). The van der Waals surface area contributed by atoms with Crippen LogP contribution >= 0.6 is 11.8 Å². The minimum atomic E-state index is -0.607. The van der Waals surface area contributed by atoms with Crippen LogP contribution in [-0.4, -0.2) is 21.1 Å². The molecule has 2 heterocycles. The summed E-state index contributed by atoms with van der Waals surface area (Å²) in [7, 11) is 0. The van der Waals surface area contributed by atoms with Crippen LogP contribution < -0.4 is 11.2 Å². The summed E-state index contributed by atoms with van der Waals surface area (Å²) in [6, 6.07) is 1.88. The summed E-state index contributed by atoms with van der Waals surface area (Å²) >= 11 is 1.77. The normalized spacial score (nSPS) is 20.1. The van der Waals surface area contributed by atoms with E-state index in [0.717, 1.165) is 17.9 Å². The Morgan fingerprint density at radius 1 is 1.60 bits per heavy atom. The highest BCUT2D eigenvalue weighted by molar-refractivity contribution is 7.99. The van der Waals surface area contributed by atoms with Crippen LogP contribution in [0.4, 0.5) is 0 Å². The van der Waals surface area contributed by atoms with Crippen molar-refractivity contribution in [3.8, 4) is 6.07 Å². The van der Waals surface area contributed by atoms with E-state index in [1.165, 1.54) is 10.8 Å². The van der Waals surface area contributed by atoms with Gasteiger partial charge in [0.2, 0.25) is 0 Å². The molecule has 0 bridgehead atoms. The van der Waals surface area contributed by atoms with Gasteiger partial charge in [-0.05, 0) is 12.2 Å². The summed E-state index contributed by atoms with van der Waals surface area (Å²) in [5.74, 6) is 1.87. The first-order chi connectivity index (χ1) is 7.22. The lowest BCUT2D eigenvalue weighted by Gasteiger charge is -2.11. The van der Waals surface area contributed by atoms with Crippen LogP contribution in [0.5, 0.6) is 0 Å². The highest BCUT2D eigenvalue weighted by Crippen LogP contribution is 2.26. The first-order valence-electron chi connectivity index (χ1n) is 4.55. The largest absolute Gasteiger partial charge is 0.328 e. The lowest BCUT2D eigenvalue weighted by atomic mass is 10.2. The van der Waals surface area contributed by atoms with Crippen molar-refractivity contribution in [1.82, 2.24) is 9.55 Å². The van der Waals surface area contributed by atoms with E-state index in [1.54, 1.807) is 17.8 Å². The molecule has 1 fully saturated rings. The van der Waals surface area contributed by atoms with Crippen molar-refractivity contribution >= 4 is 11.8 Å². The van der Waals surface area contributed by atoms with Crippen molar-refractivity contribution in [3.63, 3.8) is 0 Å². The van der Waals surface area contributed by atoms with E-state index in [4.69, 9.17) is 5.26 Å². The molecule has 0 saturated carbocycles. The summed E-state index contributed by atoms with van der Waals surface area (Å²) < 4.78 is 1.46. The Balaban J connectivity index is 2.52. The maximum absolute atomic E-state index is 11.5. The second-order valence-electron chi connectivity index (χ2n) is 3.34. The second kappa shape index (κ2) is 3.95. The summed E-state index contributed by atoms with van der Waals surface area (Å²) in [5, 5.41) is 8.69. The Bertz CT molecular complexity index is 519. The zero-order valence-electron chi connectivity index (χ0n) is 7.90. The molecule has 1 saturated heterocycles. The van der Waals surface area contributed by atoms with Gasteiger partial charge in [-0.3, -0.25) is 14.3 Å². The number of hydrogen-bond acceptors (Lipinski definition) is 4. The molecule has 5 nitrogen and oxygen atoms in total. The van der Waals surface area contributed by atoms with Crippen LogP contribution in [-0.2, 0) is 0 Å². The molecule has 6 heteroatoms. The van der Waals surface area contributed by atoms with Crippen molar-refractivity contribution in [2.45, 2.75) is 12.5 Å². The third kappa shape index (κ3) is 1.83. The molecule has 78 valence electrons. The van der Waals surface area contributed by atoms with E-state index in [1.807, 2.05) is 0 Å². The molecule has 1 aromatic heterocycles. The highest BCUT2D eigenvalue weighted by atomic mass is 32.2. The lowest BCUT2D eigenvalue weighted by Crippen LogP contribution is -2.33. The fourth-order valence-electron chi connectivity index (χ4n) is 1.58. The van der Waals surface area contributed by atoms with Gasteiger partial charge in [0.25, 0.3) is 5.56 Å². The topological polar surface area (TPSA) is 78.7 Å². The quantitative estimate of drug-likeness (QED) is 0.731. The van der Waals surface area contributed by atoms with Crippen LogP contribution in [0.3, 0.4) is 0 Å². The molecule has 1 aliphatic rings. The number of nitrogens with one attached hydrogen (secondary N) is 1. The van der Waals surface area contributed by atoms with Gasteiger partial charge in [0.05, 0.1) is 0 Å². The fraction of sp³-hybridized carbons (Fsp3) is 0.444. The molecule has 0 radical (unpaired) electrons. The Morgan fingerprint density at radius 3 is 3.00 bits per heavy atom. The van der Waals surface area contributed by atoms with E-state index < -0.39 is 11.2 Å². The molecule has 0 amide bonds. The van der Waals surface area contributed by atoms with E-state index in [-0.39, 0.29) is 11.6 Å². The third-order valence-corrected chi connectivity index (χ3v) is 3.53. The second-order valence-corrected chi connectivity index (χ2v) is 4.49. The number of H-pyrrole nitrogens is 1. The predicted octanol–water partition coefficient (Wildman–Crippen LogP) is 0.0863. The SMILES string of the molecule is N#Cc1cn(C2CCSC2)c(=O)[nH]c1=O. The number of aromatic nitrogens is 2. The Kier molecular flexibility index (Phi) is 2.64. The molecule has 1 aliphatic heterocycles. The zero-order valence-corrected chi connectivity index (χ0v) is 8.71. The summed E-state index contributed by atoms with van der Waals surface area (Å²) in [6.07, 6.45) is 2.26. The van der Waals surface area contributed by atoms with E-state index in [0.29, 0.717) is 0 Å². The van der Waals surface area contributed by atoms with Crippen LogP contribution in [0.25, 0.3) is 0 Å². The van der Waals surface area contributed by atoms with Gasteiger partial charge >= 0.3 is 5.69 Å². The number of nitriles is 1. The van der Waals surface area contributed by atoms with E-state index in [2.05, 4.69) is 4.98 Å². The highest BCUT2D eigenvalue weighted by Gasteiger charge is 2.19. The number of hydrogen-bond donors (Lipinski definition) is 1. The molecule has 1 N–H and O–H groups in total. The first-order valence-corrected chi connectivity index (χ1v) is 5.71. The Morgan fingerprint density at radius 2 is 2.40 bits per heavy atom. The molecule has 0 aliphatic carbocycles. The van der Waals surface area contributed by atoms with Crippen molar-refractivity contribution in [1.29, 1.82) is 5.26 Å². The van der Waals surface area contributed by atoms with Gasteiger partial charge in [-0.1, -0.05) is 0 Å². The molecular formula is C9H9N3O2S. The zero-order chi connectivity index (χ0) is 10.8. The fourth-order valence-corrected chi connectivity index (χ4v) is 2.78. The van der Waals surface area contributed by atoms with Gasteiger partial charge in [-0.25, -0.2) is 4.79 Å². The lowest BCUT2D eigenvalue weighted by molar-refractivity contribution is 0.527. The van der Waals surface area contributed by atoms with Crippen LogP contribution in [0.1, 0.15) is 18.0 Å². The smallest absolute Gasteiger partial charge is 0.295 e. The van der Waals surface area contributed by atoms with Crippen LogP contribution in [0, 0.1) is 11.3 Å². The van der Waals surface area contributed by atoms with Crippen molar-refractivity contribution in [2.24, 2.45) is 0 Å². The monoisotopic (exact) mass is 223 g/mol. The standard InChI is InChI=1S/C9H9N3O2S/c10-3-6-4-12(7-1-2-15-5-7)9(14)11-8(6)13/h4,7H,1-2,5H2,(H,11,13,14). The van der Waals surface area contributed by atoms with E-state index in [9.17, 15) is 9.59 Å². The Labute approximate surface area is 89.7 Å². The van der Waals surface area contributed by atoms with Crippen LogP contribution in [0.15, 0.2) is 15.8 Å². The molecule has 1 unspecified atom stereocenters. The van der Waals surface area contributed by atoms with Gasteiger partial charge in [-0.2, -0.15) is 17.0 Å². The molecule has 1 aromatic rings. The van der Waals surface area contributed by atoms with E-state index >= 15 is 0 Å². The number of rotatable bonds is 1. The molecule has 0 spiro atoms. The average Bonchev–Trinajstić information content (AvgIpc) is 2.71. The van der Waals surface area contributed by atoms with Gasteiger partial charge in [0, 0.05) is 18.0 Å². The summed E-state index contributed by atoms with van der Waals surface area (Å²) in [6.45, 7) is 0.